The summed E-state index contributed by atoms with van der Waals surface area (Å²) < 4.78 is 0. The minimum atomic E-state index is 0.870. The van der Waals surface area contributed by atoms with Gasteiger partial charge in [-0.05, 0) is 37.0 Å². The van der Waals surface area contributed by atoms with Crippen molar-refractivity contribution in [1.29, 1.82) is 0 Å². The Morgan fingerprint density at radius 3 is 2.54 bits per heavy atom. The Hall–Kier alpha value is 0.700. The van der Waals surface area contributed by atoms with Gasteiger partial charge in [-0.2, -0.15) is 0 Å². The van der Waals surface area contributed by atoms with Crippen LogP contribution < -0.4 is 0 Å². The average Bonchev–Trinajstić information content (AvgIpc) is 2.42. The Kier molecular flexibility index (Phi) is 3.19. The second-order valence-electron chi connectivity index (χ2n) is 5.09. The minimum absolute atomic E-state index is 0.870. The van der Waals surface area contributed by atoms with E-state index < -0.39 is 0 Å². The van der Waals surface area contributed by atoms with E-state index in [1.54, 1.807) is 0 Å². The van der Waals surface area contributed by atoms with E-state index in [2.05, 4.69) is 42.4 Å². The summed E-state index contributed by atoms with van der Waals surface area (Å²) in [7, 11) is 4.36. The predicted molar refractivity (Wildman–Crippen MR) is 64.1 cm³/mol. The molecule has 2 heteroatoms. The number of hydrogen-bond donors (Lipinski definition) is 0. The van der Waals surface area contributed by atoms with E-state index in [-0.39, 0.29) is 0 Å². The lowest BCUT2D eigenvalue weighted by atomic mass is 9.95. The quantitative estimate of drug-likeness (QED) is 0.602. The van der Waals surface area contributed by atoms with Crippen molar-refractivity contribution in [3.05, 3.63) is 0 Å². The first-order valence-corrected chi connectivity index (χ1v) is 7.76. The number of hydrogen-bond acceptors (Lipinski definition) is 2. The molecule has 1 aliphatic carbocycles. The zero-order chi connectivity index (χ0) is 9.42. The van der Waals surface area contributed by atoms with Gasteiger partial charge in [0.15, 0.2) is 0 Å². The van der Waals surface area contributed by atoms with E-state index in [9.17, 15) is 0 Å². The number of fused-ring (bicyclic) bond motifs is 1. The van der Waals surface area contributed by atoms with Gasteiger partial charge in [-0.25, -0.2) is 0 Å². The summed E-state index contributed by atoms with van der Waals surface area (Å²) >= 11 is 0. The molecular weight excluding hydrogens is 196 g/mol. The van der Waals surface area contributed by atoms with E-state index in [0.29, 0.717) is 0 Å². The summed E-state index contributed by atoms with van der Waals surface area (Å²) in [6.45, 7) is 7.17. The van der Waals surface area contributed by atoms with Crippen molar-refractivity contribution in [3.63, 3.8) is 0 Å². The van der Waals surface area contributed by atoms with Crippen molar-refractivity contribution >= 4 is 21.6 Å². The van der Waals surface area contributed by atoms with Gasteiger partial charge in [-0.1, -0.05) is 42.4 Å². The lowest BCUT2D eigenvalue weighted by Gasteiger charge is -2.32. The van der Waals surface area contributed by atoms with E-state index in [1.807, 2.05) is 0 Å². The lowest BCUT2D eigenvalue weighted by molar-refractivity contribution is 0.434. The molecule has 4 atom stereocenters. The van der Waals surface area contributed by atoms with Crippen LogP contribution in [0.4, 0.5) is 0 Å². The molecule has 0 N–H and O–H groups in total. The summed E-state index contributed by atoms with van der Waals surface area (Å²) in [6.07, 6.45) is 4.47. The second-order valence-corrected chi connectivity index (χ2v) is 7.84. The molecular formula is C11H20S2. The van der Waals surface area contributed by atoms with Crippen LogP contribution in [0.1, 0.15) is 40.0 Å². The van der Waals surface area contributed by atoms with Crippen LogP contribution in [0.15, 0.2) is 0 Å². The highest BCUT2D eigenvalue weighted by Gasteiger charge is 2.38. The molecule has 4 unspecified atom stereocenters. The fraction of sp³-hybridized carbons (Fsp3) is 1.00. The fourth-order valence-corrected chi connectivity index (χ4v) is 6.67. The van der Waals surface area contributed by atoms with Crippen LogP contribution in [0.3, 0.4) is 0 Å². The van der Waals surface area contributed by atoms with E-state index in [4.69, 9.17) is 0 Å². The maximum atomic E-state index is 2.42. The van der Waals surface area contributed by atoms with Crippen LogP contribution in [-0.2, 0) is 0 Å². The average molecular weight is 216 g/mol. The highest BCUT2D eigenvalue weighted by Crippen LogP contribution is 2.53. The van der Waals surface area contributed by atoms with Gasteiger partial charge >= 0.3 is 0 Å². The van der Waals surface area contributed by atoms with Crippen LogP contribution in [-0.4, -0.2) is 10.5 Å². The van der Waals surface area contributed by atoms with Crippen LogP contribution in [0.25, 0.3) is 0 Å². The van der Waals surface area contributed by atoms with Crippen molar-refractivity contribution in [2.45, 2.75) is 50.5 Å². The molecule has 76 valence electrons. The van der Waals surface area contributed by atoms with Gasteiger partial charge in [0.25, 0.3) is 0 Å². The topological polar surface area (TPSA) is 0 Å². The molecule has 2 rings (SSSR count). The summed E-state index contributed by atoms with van der Waals surface area (Å²) in [4.78, 5) is 0. The highest BCUT2D eigenvalue weighted by atomic mass is 33.1. The van der Waals surface area contributed by atoms with Crippen molar-refractivity contribution in [2.75, 3.05) is 0 Å². The van der Waals surface area contributed by atoms with Gasteiger partial charge in [0.2, 0.25) is 0 Å². The Bertz CT molecular complexity index is 179. The summed E-state index contributed by atoms with van der Waals surface area (Å²) in [6, 6.07) is 0. The maximum absolute atomic E-state index is 2.42. The lowest BCUT2D eigenvalue weighted by Crippen LogP contribution is -2.24. The highest BCUT2D eigenvalue weighted by molar-refractivity contribution is 8.77. The van der Waals surface area contributed by atoms with Crippen molar-refractivity contribution in [2.24, 2.45) is 17.8 Å². The summed E-state index contributed by atoms with van der Waals surface area (Å²) in [5.41, 5.74) is 0. The SMILES string of the molecule is CC1CC2CC(C(C)C)SSC2C1. The standard InChI is InChI=1S/C11H20S2/c1-7(2)10-6-9-4-8(3)5-11(9)13-12-10/h7-11H,4-6H2,1-3H3. The molecule has 0 aromatic rings. The third kappa shape index (κ3) is 2.20. The van der Waals surface area contributed by atoms with E-state index in [1.165, 1.54) is 19.3 Å². The van der Waals surface area contributed by atoms with Crippen molar-refractivity contribution < 1.29 is 0 Å². The molecule has 13 heavy (non-hydrogen) atoms. The molecule has 0 aromatic carbocycles. The second kappa shape index (κ2) is 4.06. The van der Waals surface area contributed by atoms with Gasteiger partial charge in [-0.15, -0.1) is 0 Å². The maximum Gasteiger partial charge on any atom is 0.0182 e. The van der Waals surface area contributed by atoms with Gasteiger partial charge < -0.3 is 0 Å². The molecule has 1 saturated carbocycles. The minimum Gasteiger partial charge on any atom is -0.0902 e. The fourth-order valence-electron chi connectivity index (χ4n) is 2.58. The molecule has 2 aliphatic rings. The molecule has 2 fully saturated rings. The van der Waals surface area contributed by atoms with Crippen LogP contribution >= 0.6 is 21.6 Å². The molecule has 0 spiro atoms. The van der Waals surface area contributed by atoms with Crippen LogP contribution in [0.5, 0.6) is 0 Å². The Balaban J connectivity index is 1.93. The molecule has 1 heterocycles. The van der Waals surface area contributed by atoms with E-state index in [0.717, 1.165) is 28.3 Å². The largest absolute Gasteiger partial charge is 0.0902 e. The Morgan fingerprint density at radius 2 is 1.85 bits per heavy atom. The van der Waals surface area contributed by atoms with Crippen molar-refractivity contribution in [3.8, 4) is 0 Å². The smallest absolute Gasteiger partial charge is 0.0182 e. The molecule has 0 nitrogen and oxygen atoms in total. The zero-order valence-electron chi connectivity index (χ0n) is 8.82. The van der Waals surface area contributed by atoms with E-state index >= 15 is 0 Å². The van der Waals surface area contributed by atoms with Gasteiger partial charge in [0.1, 0.15) is 0 Å². The first-order valence-electron chi connectivity index (χ1n) is 5.49. The normalized spacial score (nSPS) is 45.2. The van der Waals surface area contributed by atoms with Gasteiger partial charge in [0, 0.05) is 10.5 Å². The molecule has 0 bridgehead atoms. The van der Waals surface area contributed by atoms with Crippen LogP contribution in [0, 0.1) is 17.8 Å². The van der Waals surface area contributed by atoms with Gasteiger partial charge in [0.05, 0.1) is 0 Å². The molecule has 1 aliphatic heterocycles. The van der Waals surface area contributed by atoms with Gasteiger partial charge in [-0.3, -0.25) is 0 Å². The molecule has 1 saturated heterocycles. The monoisotopic (exact) mass is 216 g/mol. The summed E-state index contributed by atoms with van der Waals surface area (Å²) in [5.74, 6) is 2.91. The third-order valence-electron chi connectivity index (χ3n) is 3.45. The molecule has 0 radical (unpaired) electrons. The zero-order valence-corrected chi connectivity index (χ0v) is 10.5. The van der Waals surface area contributed by atoms with Crippen molar-refractivity contribution in [1.82, 2.24) is 0 Å². The summed E-state index contributed by atoms with van der Waals surface area (Å²) in [5, 5.41) is 1.92. The van der Waals surface area contributed by atoms with Crippen LogP contribution in [0.2, 0.25) is 0 Å². The third-order valence-corrected chi connectivity index (χ3v) is 7.18. The molecule has 0 amide bonds. The molecule has 0 aromatic heterocycles. The first-order chi connectivity index (χ1) is 6.16. The Labute approximate surface area is 90.0 Å². The number of rotatable bonds is 1. The predicted octanol–water partition coefficient (Wildman–Crippen LogP) is 4.21. The first kappa shape index (κ1) is 10.2. The Morgan fingerprint density at radius 1 is 1.08 bits per heavy atom.